The van der Waals surface area contributed by atoms with Gasteiger partial charge in [-0.15, -0.1) is 0 Å². The minimum absolute atomic E-state index is 0.101. The second-order valence-corrected chi connectivity index (χ2v) is 7.35. The van der Waals surface area contributed by atoms with E-state index in [1.807, 2.05) is 48.5 Å². The molecule has 1 aliphatic rings. The molecule has 3 aromatic carbocycles. The van der Waals surface area contributed by atoms with Crippen LogP contribution in [0.1, 0.15) is 39.9 Å². The largest absolute Gasteiger partial charge is 0.465 e. The van der Waals surface area contributed by atoms with Crippen molar-refractivity contribution in [3.05, 3.63) is 101 Å². The number of para-hydroxylation sites is 1. The van der Waals surface area contributed by atoms with Crippen molar-refractivity contribution in [1.82, 2.24) is 0 Å². The van der Waals surface area contributed by atoms with E-state index in [1.54, 1.807) is 37.3 Å². The highest BCUT2D eigenvalue weighted by atomic mass is 16.6. The van der Waals surface area contributed by atoms with Crippen LogP contribution in [-0.4, -0.2) is 24.3 Å². The Kier molecular flexibility index (Phi) is 5.94. The zero-order valence-electron chi connectivity index (χ0n) is 17.1. The molecule has 1 aliphatic heterocycles. The molecule has 3 aromatic rings. The first-order chi connectivity index (χ1) is 15.1. The second-order valence-electron chi connectivity index (χ2n) is 7.35. The summed E-state index contributed by atoms with van der Waals surface area (Å²) in [6.45, 7) is 1.86. The maximum atomic E-state index is 13.2. The molecule has 4 rings (SSSR count). The van der Waals surface area contributed by atoms with Gasteiger partial charge in [0.1, 0.15) is 5.75 Å². The summed E-state index contributed by atoms with van der Waals surface area (Å²) in [4.78, 5) is 38.5. The van der Waals surface area contributed by atoms with Crippen LogP contribution < -0.4 is 4.74 Å². The molecular formula is C26H22O5. The third-order valence-corrected chi connectivity index (χ3v) is 5.46. The van der Waals surface area contributed by atoms with E-state index in [4.69, 9.17) is 9.47 Å². The van der Waals surface area contributed by atoms with Crippen LogP contribution >= 0.6 is 0 Å². The molecule has 5 heteroatoms. The number of hydrogen-bond acceptors (Lipinski definition) is 5. The molecule has 5 nitrogen and oxygen atoms in total. The van der Waals surface area contributed by atoms with Gasteiger partial charge in [-0.05, 0) is 30.5 Å². The molecule has 0 aromatic heterocycles. The Morgan fingerprint density at radius 1 is 0.903 bits per heavy atom. The lowest BCUT2D eigenvalue weighted by Crippen LogP contribution is -2.39. The summed E-state index contributed by atoms with van der Waals surface area (Å²) in [5, 5.41) is 0. The summed E-state index contributed by atoms with van der Waals surface area (Å²) in [6, 6.07) is 23.5. The average Bonchev–Trinajstić information content (AvgIpc) is 2.79. The van der Waals surface area contributed by atoms with Crippen LogP contribution in [0.2, 0.25) is 0 Å². The molecule has 0 fully saturated rings. The predicted octanol–water partition coefficient (Wildman–Crippen LogP) is 4.34. The van der Waals surface area contributed by atoms with Gasteiger partial charge in [0.2, 0.25) is 0 Å². The van der Waals surface area contributed by atoms with Gasteiger partial charge in [0.05, 0.1) is 6.61 Å². The zero-order chi connectivity index (χ0) is 21.8. The number of esters is 2. The Hall–Kier alpha value is -3.73. The van der Waals surface area contributed by atoms with Crippen molar-refractivity contribution in [3.8, 4) is 5.75 Å². The fourth-order valence-corrected chi connectivity index (χ4v) is 4.02. The molecule has 156 valence electrons. The Morgan fingerprint density at radius 3 is 2.35 bits per heavy atom. The molecule has 0 saturated heterocycles. The van der Waals surface area contributed by atoms with Gasteiger partial charge in [0.15, 0.2) is 11.7 Å². The lowest BCUT2D eigenvalue weighted by atomic mass is 9.78. The number of ketones is 1. The molecular weight excluding hydrogens is 392 g/mol. The summed E-state index contributed by atoms with van der Waals surface area (Å²) in [7, 11) is 0. The monoisotopic (exact) mass is 414 g/mol. The summed E-state index contributed by atoms with van der Waals surface area (Å²) in [6.07, 6.45) is 0.324. The van der Waals surface area contributed by atoms with Gasteiger partial charge in [-0.2, -0.15) is 0 Å². The van der Waals surface area contributed by atoms with E-state index in [1.165, 1.54) is 0 Å². The van der Waals surface area contributed by atoms with Gasteiger partial charge < -0.3 is 9.47 Å². The van der Waals surface area contributed by atoms with Crippen molar-refractivity contribution >= 4 is 17.7 Å². The molecule has 0 unspecified atom stereocenters. The number of fused-ring (bicyclic) bond motifs is 1. The fraction of sp³-hybridized carbons (Fsp3) is 0.192. The van der Waals surface area contributed by atoms with Crippen LogP contribution in [0, 0.1) is 5.92 Å². The number of carbonyl (C=O) groups excluding carboxylic acids is 3. The summed E-state index contributed by atoms with van der Waals surface area (Å²) >= 11 is 0. The molecule has 0 bridgehead atoms. The van der Waals surface area contributed by atoms with E-state index in [2.05, 4.69) is 0 Å². The van der Waals surface area contributed by atoms with Crippen LogP contribution in [0.15, 0.2) is 78.9 Å². The number of hydrogen-bond donors (Lipinski definition) is 0. The highest BCUT2D eigenvalue weighted by Gasteiger charge is 2.43. The molecule has 1 heterocycles. The van der Waals surface area contributed by atoms with Crippen molar-refractivity contribution in [3.63, 3.8) is 0 Å². The minimum Gasteiger partial charge on any atom is -0.465 e. The van der Waals surface area contributed by atoms with Crippen LogP contribution in [0.25, 0.3) is 0 Å². The molecule has 0 aliphatic carbocycles. The van der Waals surface area contributed by atoms with Crippen LogP contribution in [0.5, 0.6) is 5.75 Å². The van der Waals surface area contributed by atoms with Gasteiger partial charge in [-0.3, -0.25) is 14.4 Å². The van der Waals surface area contributed by atoms with Crippen molar-refractivity contribution in [1.29, 1.82) is 0 Å². The summed E-state index contributed by atoms with van der Waals surface area (Å²) in [5.41, 5.74) is 2.65. The number of benzene rings is 3. The van der Waals surface area contributed by atoms with Gasteiger partial charge in [0.25, 0.3) is 0 Å². The zero-order valence-corrected chi connectivity index (χ0v) is 17.1. The normalized spacial score (nSPS) is 17.4. The van der Waals surface area contributed by atoms with Crippen LogP contribution in [-0.2, 0) is 20.7 Å². The minimum atomic E-state index is -1.09. The highest BCUT2D eigenvalue weighted by molar-refractivity contribution is 6.10. The smallest absolute Gasteiger partial charge is 0.326 e. The fourth-order valence-electron chi connectivity index (χ4n) is 4.02. The van der Waals surface area contributed by atoms with E-state index >= 15 is 0 Å². The molecule has 31 heavy (non-hydrogen) atoms. The van der Waals surface area contributed by atoms with Crippen LogP contribution in [0.4, 0.5) is 0 Å². The van der Waals surface area contributed by atoms with Crippen molar-refractivity contribution in [2.45, 2.75) is 19.3 Å². The molecule has 0 spiro atoms. The van der Waals surface area contributed by atoms with Gasteiger partial charge in [-0.1, -0.05) is 72.8 Å². The Labute approximate surface area is 180 Å². The number of carbonyl (C=O) groups is 3. The van der Waals surface area contributed by atoms with Gasteiger partial charge in [-0.25, -0.2) is 0 Å². The van der Waals surface area contributed by atoms with Crippen LogP contribution in [0.3, 0.4) is 0 Å². The van der Waals surface area contributed by atoms with E-state index in [0.717, 1.165) is 11.1 Å². The highest BCUT2D eigenvalue weighted by Crippen LogP contribution is 2.41. The molecule has 2 atom stereocenters. The van der Waals surface area contributed by atoms with E-state index in [9.17, 15) is 14.4 Å². The third kappa shape index (κ3) is 4.12. The second kappa shape index (κ2) is 8.96. The predicted molar refractivity (Wildman–Crippen MR) is 115 cm³/mol. The maximum Gasteiger partial charge on any atom is 0.326 e. The van der Waals surface area contributed by atoms with Gasteiger partial charge >= 0.3 is 11.9 Å². The SMILES string of the molecule is CCOC(=O)[C@@H]1C(=O)Oc2ccccc2[C@H]1Cc1ccccc1C(=O)c1ccccc1. The Morgan fingerprint density at radius 2 is 1.58 bits per heavy atom. The summed E-state index contributed by atoms with van der Waals surface area (Å²) in [5.74, 6) is -2.50. The lowest BCUT2D eigenvalue weighted by Gasteiger charge is -2.31. The first kappa shape index (κ1) is 20.5. The summed E-state index contributed by atoms with van der Waals surface area (Å²) < 4.78 is 10.6. The quantitative estimate of drug-likeness (QED) is 0.260. The molecule has 0 radical (unpaired) electrons. The number of rotatable bonds is 6. The van der Waals surface area contributed by atoms with E-state index in [0.29, 0.717) is 23.3 Å². The first-order valence-corrected chi connectivity index (χ1v) is 10.2. The first-order valence-electron chi connectivity index (χ1n) is 10.2. The van der Waals surface area contributed by atoms with Crippen molar-refractivity contribution in [2.24, 2.45) is 5.92 Å². The Bertz CT molecular complexity index is 1120. The standard InChI is InChI=1S/C26H22O5/c1-2-30-25(28)23-21(20-14-8-9-15-22(20)31-26(23)29)16-18-12-6-7-13-19(18)24(27)17-10-4-3-5-11-17/h3-15,21,23H,2,16H2,1H3/t21-,23-/m1/s1. The Balaban J connectivity index is 1.75. The van der Waals surface area contributed by atoms with Gasteiger partial charge in [0, 0.05) is 17.0 Å². The van der Waals surface area contributed by atoms with Crippen molar-refractivity contribution in [2.75, 3.05) is 6.61 Å². The van der Waals surface area contributed by atoms with Crippen molar-refractivity contribution < 1.29 is 23.9 Å². The van der Waals surface area contributed by atoms with E-state index < -0.39 is 23.8 Å². The maximum absolute atomic E-state index is 13.2. The number of ether oxygens (including phenoxy) is 2. The topological polar surface area (TPSA) is 69.7 Å². The molecule has 0 N–H and O–H groups in total. The third-order valence-electron chi connectivity index (χ3n) is 5.46. The van der Waals surface area contributed by atoms with E-state index in [-0.39, 0.29) is 12.4 Å². The molecule has 0 amide bonds. The molecule has 0 saturated carbocycles. The lowest BCUT2D eigenvalue weighted by molar-refractivity contribution is -0.159. The average molecular weight is 414 g/mol.